The number of nitrogens with two attached hydrogens (primary N) is 1. The van der Waals surface area contributed by atoms with Crippen molar-refractivity contribution in [3.8, 4) is 0 Å². The molecule has 6 heteroatoms. The minimum Gasteiger partial charge on any atom is -0.326 e. The molecule has 1 saturated heterocycles. The molecule has 17 heavy (non-hydrogen) atoms. The topological polar surface area (TPSA) is 73.0 Å². The third-order valence-electron chi connectivity index (χ3n) is 3.05. The van der Waals surface area contributed by atoms with Gasteiger partial charge in [-0.2, -0.15) is 0 Å². The van der Waals surface area contributed by atoms with Crippen molar-refractivity contribution in [1.82, 2.24) is 4.98 Å². The fourth-order valence-electron chi connectivity index (χ4n) is 2.16. The van der Waals surface area contributed by atoms with Crippen molar-refractivity contribution in [2.75, 3.05) is 11.5 Å². The molecule has 0 amide bonds. The molecule has 2 rings (SSSR count). The molecule has 1 fully saturated rings. The third-order valence-corrected chi connectivity index (χ3v) is 6.10. The highest BCUT2D eigenvalue weighted by molar-refractivity contribution is 7.91. The van der Waals surface area contributed by atoms with Crippen molar-refractivity contribution in [2.24, 2.45) is 5.73 Å². The number of aromatic nitrogens is 1. The van der Waals surface area contributed by atoms with Gasteiger partial charge in [0.25, 0.3) is 0 Å². The SMILES string of the molecule is CCCc1nc(C2CCS(=O)(=O)C2)sc1CN. The van der Waals surface area contributed by atoms with Gasteiger partial charge in [0.15, 0.2) is 9.84 Å². The van der Waals surface area contributed by atoms with E-state index in [-0.39, 0.29) is 11.7 Å². The molecule has 0 saturated carbocycles. The largest absolute Gasteiger partial charge is 0.326 e. The second-order valence-corrected chi connectivity index (χ2v) is 7.82. The fraction of sp³-hybridized carbons (Fsp3) is 0.727. The van der Waals surface area contributed by atoms with Crippen LogP contribution in [0.25, 0.3) is 0 Å². The van der Waals surface area contributed by atoms with Crippen LogP contribution in [0.3, 0.4) is 0 Å². The van der Waals surface area contributed by atoms with Gasteiger partial charge in [-0.1, -0.05) is 13.3 Å². The van der Waals surface area contributed by atoms with Gasteiger partial charge in [-0.05, 0) is 12.8 Å². The van der Waals surface area contributed by atoms with E-state index in [1.165, 1.54) is 0 Å². The van der Waals surface area contributed by atoms with E-state index in [2.05, 4.69) is 11.9 Å². The summed E-state index contributed by atoms with van der Waals surface area (Å²) >= 11 is 1.60. The first-order valence-electron chi connectivity index (χ1n) is 5.94. The van der Waals surface area contributed by atoms with E-state index in [0.29, 0.717) is 18.7 Å². The molecule has 96 valence electrons. The highest BCUT2D eigenvalue weighted by atomic mass is 32.2. The van der Waals surface area contributed by atoms with Crippen molar-refractivity contribution in [3.05, 3.63) is 15.6 Å². The number of nitrogens with zero attached hydrogens (tertiary/aromatic N) is 1. The van der Waals surface area contributed by atoms with E-state index < -0.39 is 9.84 Å². The molecule has 4 nitrogen and oxygen atoms in total. The number of sulfone groups is 1. The van der Waals surface area contributed by atoms with Crippen molar-refractivity contribution in [3.63, 3.8) is 0 Å². The Morgan fingerprint density at radius 1 is 1.53 bits per heavy atom. The Bertz CT molecular complexity index is 494. The Kier molecular flexibility index (Phi) is 3.85. The maximum Gasteiger partial charge on any atom is 0.151 e. The standard InChI is InChI=1S/C11H18N2O2S2/c1-2-3-9-10(6-12)16-11(13-9)8-4-5-17(14,15)7-8/h8H,2-7,12H2,1H3. The van der Waals surface area contributed by atoms with Crippen LogP contribution in [0.2, 0.25) is 0 Å². The molecule has 0 spiro atoms. The maximum absolute atomic E-state index is 11.5. The molecular weight excluding hydrogens is 256 g/mol. The van der Waals surface area contributed by atoms with E-state index >= 15 is 0 Å². The fourth-order valence-corrected chi connectivity index (χ4v) is 5.14. The number of aryl methyl sites for hydroxylation is 1. The molecule has 2 N–H and O–H groups in total. The first kappa shape index (κ1) is 13.0. The van der Waals surface area contributed by atoms with Gasteiger partial charge in [-0.3, -0.25) is 0 Å². The average Bonchev–Trinajstić information content (AvgIpc) is 2.82. The zero-order chi connectivity index (χ0) is 12.5. The van der Waals surface area contributed by atoms with Gasteiger partial charge in [0.1, 0.15) is 0 Å². The molecule has 0 aliphatic carbocycles. The number of rotatable bonds is 4. The van der Waals surface area contributed by atoms with Crippen LogP contribution in [0.1, 0.15) is 41.3 Å². The summed E-state index contributed by atoms with van der Waals surface area (Å²) in [5.74, 6) is 0.662. The van der Waals surface area contributed by atoms with Crippen LogP contribution in [0.15, 0.2) is 0 Å². The summed E-state index contributed by atoms with van der Waals surface area (Å²) in [5, 5.41) is 0.968. The van der Waals surface area contributed by atoms with Crippen LogP contribution in [0.5, 0.6) is 0 Å². The van der Waals surface area contributed by atoms with Crippen LogP contribution in [-0.4, -0.2) is 24.9 Å². The van der Waals surface area contributed by atoms with Crippen LogP contribution in [0.4, 0.5) is 0 Å². The van der Waals surface area contributed by atoms with Crippen molar-refractivity contribution < 1.29 is 8.42 Å². The quantitative estimate of drug-likeness (QED) is 0.902. The maximum atomic E-state index is 11.5. The van der Waals surface area contributed by atoms with Gasteiger partial charge in [-0.25, -0.2) is 13.4 Å². The zero-order valence-corrected chi connectivity index (χ0v) is 11.6. The first-order valence-corrected chi connectivity index (χ1v) is 8.58. The Morgan fingerprint density at radius 3 is 2.82 bits per heavy atom. The third kappa shape index (κ3) is 2.86. The van der Waals surface area contributed by atoms with E-state index in [1.807, 2.05) is 0 Å². The minimum atomic E-state index is -2.83. The summed E-state index contributed by atoms with van der Waals surface area (Å²) in [7, 11) is -2.83. The molecule has 1 atom stereocenters. The van der Waals surface area contributed by atoms with Crippen LogP contribution < -0.4 is 5.73 Å². The molecule has 1 aliphatic heterocycles. The summed E-state index contributed by atoms with van der Waals surface area (Å²) in [5.41, 5.74) is 6.77. The van der Waals surface area contributed by atoms with Gasteiger partial charge in [0.2, 0.25) is 0 Å². The second kappa shape index (κ2) is 5.04. The van der Waals surface area contributed by atoms with Crippen molar-refractivity contribution in [2.45, 2.75) is 38.6 Å². The monoisotopic (exact) mass is 274 g/mol. The zero-order valence-electron chi connectivity index (χ0n) is 9.98. The highest BCUT2D eigenvalue weighted by Crippen LogP contribution is 2.33. The molecule has 0 bridgehead atoms. The van der Waals surface area contributed by atoms with Crippen LogP contribution in [-0.2, 0) is 22.8 Å². The van der Waals surface area contributed by atoms with Gasteiger partial charge in [0.05, 0.1) is 22.2 Å². The van der Waals surface area contributed by atoms with Crippen LogP contribution in [0, 0.1) is 0 Å². The number of thiazole rings is 1. The Morgan fingerprint density at radius 2 is 2.29 bits per heavy atom. The predicted molar refractivity (Wildman–Crippen MR) is 70.0 cm³/mol. The van der Waals surface area contributed by atoms with E-state index in [9.17, 15) is 8.42 Å². The average molecular weight is 274 g/mol. The van der Waals surface area contributed by atoms with Gasteiger partial charge in [0, 0.05) is 17.3 Å². The molecule has 1 aromatic heterocycles. The van der Waals surface area contributed by atoms with Crippen molar-refractivity contribution in [1.29, 1.82) is 0 Å². The van der Waals surface area contributed by atoms with Gasteiger partial charge in [-0.15, -0.1) is 11.3 Å². The van der Waals surface area contributed by atoms with Crippen molar-refractivity contribution >= 4 is 21.2 Å². The lowest BCUT2D eigenvalue weighted by atomic mass is 10.1. The minimum absolute atomic E-state index is 0.0981. The Balaban J connectivity index is 2.22. The molecule has 1 unspecified atom stereocenters. The van der Waals surface area contributed by atoms with Gasteiger partial charge < -0.3 is 5.73 Å². The smallest absolute Gasteiger partial charge is 0.151 e. The molecule has 1 aromatic rings. The number of hydrogen-bond acceptors (Lipinski definition) is 5. The van der Waals surface area contributed by atoms with E-state index in [1.54, 1.807) is 11.3 Å². The summed E-state index contributed by atoms with van der Waals surface area (Å²) in [6.45, 7) is 2.62. The van der Waals surface area contributed by atoms with Crippen LogP contribution >= 0.6 is 11.3 Å². The summed E-state index contributed by atoms with van der Waals surface area (Å²) in [4.78, 5) is 5.71. The van der Waals surface area contributed by atoms with E-state index in [0.717, 1.165) is 28.4 Å². The summed E-state index contributed by atoms with van der Waals surface area (Å²) in [6, 6.07) is 0. The lowest BCUT2D eigenvalue weighted by molar-refractivity contribution is 0.601. The molecular formula is C11H18N2O2S2. The van der Waals surface area contributed by atoms with Gasteiger partial charge >= 0.3 is 0 Å². The molecule has 2 heterocycles. The molecule has 1 aliphatic rings. The summed E-state index contributed by atoms with van der Waals surface area (Å²) in [6.07, 6.45) is 2.69. The summed E-state index contributed by atoms with van der Waals surface area (Å²) < 4.78 is 22.9. The normalized spacial score (nSPS) is 23.1. The lowest BCUT2D eigenvalue weighted by Gasteiger charge is -2.01. The Hall–Kier alpha value is -0.460. The highest BCUT2D eigenvalue weighted by Gasteiger charge is 2.31. The predicted octanol–water partition coefficient (Wildman–Crippen LogP) is 1.46. The first-order chi connectivity index (χ1) is 8.05. The lowest BCUT2D eigenvalue weighted by Crippen LogP contribution is -2.03. The second-order valence-electron chi connectivity index (χ2n) is 4.48. The Labute approximate surface area is 106 Å². The van der Waals surface area contributed by atoms with E-state index in [4.69, 9.17) is 5.73 Å². The molecule has 0 radical (unpaired) electrons. The molecule has 0 aromatic carbocycles. The number of hydrogen-bond donors (Lipinski definition) is 1.